The van der Waals surface area contributed by atoms with Crippen molar-refractivity contribution in [3.8, 4) is 0 Å². The van der Waals surface area contributed by atoms with Gasteiger partial charge in [0.15, 0.2) is 0 Å². The van der Waals surface area contributed by atoms with Crippen molar-refractivity contribution >= 4 is 24.3 Å². The maximum Gasteiger partial charge on any atom is 0.307 e. The molecule has 1 unspecified atom stereocenters. The summed E-state index contributed by atoms with van der Waals surface area (Å²) >= 11 is 0. The number of halogens is 1. The van der Waals surface area contributed by atoms with E-state index in [2.05, 4.69) is 10.1 Å². The summed E-state index contributed by atoms with van der Waals surface area (Å²) in [6, 6.07) is 6.77. The lowest BCUT2D eigenvalue weighted by Gasteiger charge is -2.12. The van der Waals surface area contributed by atoms with Crippen LogP contribution in [0.4, 0.5) is 0 Å². The lowest BCUT2D eigenvalue weighted by atomic mass is 10.1. The van der Waals surface area contributed by atoms with Crippen molar-refractivity contribution in [1.82, 2.24) is 5.32 Å². The lowest BCUT2D eigenvalue weighted by molar-refractivity contribution is -0.141. The summed E-state index contributed by atoms with van der Waals surface area (Å²) in [5.74, 6) is -0.559. The topological polar surface area (TPSA) is 81.4 Å². The van der Waals surface area contributed by atoms with E-state index in [1.807, 2.05) is 0 Å². The standard InChI is InChI=1S/C13H18N2O3.ClH/c1-9(7-12(16)18-2)15-13(17)11-5-3-10(8-14)4-6-11;/h3-6,9H,7-8,14H2,1-2H3,(H,15,17);1H. The lowest BCUT2D eigenvalue weighted by Crippen LogP contribution is -2.34. The fourth-order valence-corrected chi connectivity index (χ4v) is 1.48. The number of methoxy groups -OCH3 is 1. The molecule has 1 aromatic carbocycles. The van der Waals surface area contributed by atoms with E-state index in [9.17, 15) is 9.59 Å². The van der Waals surface area contributed by atoms with Crippen LogP contribution in [0.1, 0.15) is 29.3 Å². The van der Waals surface area contributed by atoms with Crippen LogP contribution < -0.4 is 11.1 Å². The van der Waals surface area contributed by atoms with Crippen LogP contribution in [-0.4, -0.2) is 25.0 Å². The Labute approximate surface area is 118 Å². The first-order chi connectivity index (χ1) is 8.56. The zero-order valence-electron chi connectivity index (χ0n) is 11.0. The number of amides is 1. The Morgan fingerprint density at radius 3 is 2.37 bits per heavy atom. The first kappa shape index (κ1) is 17.4. The summed E-state index contributed by atoms with van der Waals surface area (Å²) in [4.78, 5) is 22.9. The molecule has 1 amide bonds. The minimum absolute atomic E-state index is 0. The minimum atomic E-state index is -0.346. The number of nitrogens with two attached hydrogens (primary N) is 1. The van der Waals surface area contributed by atoms with Crippen molar-refractivity contribution in [2.24, 2.45) is 5.73 Å². The molecule has 0 heterocycles. The molecule has 0 saturated carbocycles. The van der Waals surface area contributed by atoms with Crippen LogP contribution in [0, 0.1) is 0 Å². The highest BCUT2D eigenvalue weighted by molar-refractivity contribution is 5.94. The predicted molar refractivity (Wildman–Crippen MR) is 75.1 cm³/mol. The maximum atomic E-state index is 11.8. The molecule has 1 atom stereocenters. The third kappa shape index (κ3) is 5.72. The van der Waals surface area contributed by atoms with Gasteiger partial charge >= 0.3 is 5.97 Å². The highest BCUT2D eigenvalue weighted by atomic mass is 35.5. The van der Waals surface area contributed by atoms with Gasteiger partial charge in [-0.3, -0.25) is 9.59 Å². The van der Waals surface area contributed by atoms with Crippen LogP contribution in [0.3, 0.4) is 0 Å². The number of hydrogen-bond donors (Lipinski definition) is 2. The van der Waals surface area contributed by atoms with E-state index in [0.29, 0.717) is 12.1 Å². The van der Waals surface area contributed by atoms with Gasteiger partial charge in [0.05, 0.1) is 13.5 Å². The summed E-state index contributed by atoms with van der Waals surface area (Å²) in [5.41, 5.74) is 6.99. The van der Waals surface area contributed by atoms with Gasteiger partial charge < -0.3 is 15.8 Å². The number of benzene rings is 1. The second kappa shape index (κ2) is 8.50. The third-order valence-electron chi connectivity index (χ3n) is 2.53. The first-order valence-corrected chi connectivity index (χ1v) is 5.73. The van der Waals surface area contributed by atoms with E-state index in [1.165, 1.54) is 7.11 Å². The van der Waals surface area contributed by atoms with E-state index < -0.39 is 0 Å². The molecule has 0 spiro atoms. The fourth-order valence-electron chi connectivity index (χ4n) is 1.48. The molecule has 0 saturated heterocycles. The van der Waals surface area contributed by atoms with E-state index in [4.69, 9.17) is 5.73 Å². The van der Waals surface area contributed by atoms with E-state index in [0.717, 1.165) is 5.56 Å². The van der Waals surface area contributed by atoms with Crippen LogP contribution >= 0.6 is 12.4 Å². The second-order valence-corrected chi connectivity index (χ2v) is 4.06. The number of hydrogen-bond acceptors (Lipinski definition) is 4. The molecule has 6 heteroatoms. The van der Waals surface area contributed by atoms with Crippen LogP contribution in [0.2, 0.25) is 0 Å². The van der Waals surface area contributed by atoms with Crippen LogP contribution in [0.5, 0.6) is 0 Å². The molecular weight excluding hydrogens is 268 g/mol. The summed E-state index contributed by atoms with van der Waals surface area (Å²) < 4.78 is 4.53. The molecule has 1 rings (SSSR count). The SMILES string of the molecule is COC(=O)CC(C)NC(=O)c1ccc(CN)cc1.Cl. The Morgan fingerprint density at radius 2 is 1.89 bits per heavy atom. The van der Waals surface area contributed by atoms with Gasteiger partial charge in [-0.15, -0.1) is 12.4 Å². The van der Waals surface area contributed by atoms with Crippen molar-refractivity contribution in [3.63, 3.8) is 0 Å². The minimum Gasteiger partial charge on any atom is -0.469 e. The van der Waals surface area contributed by atoms with Gasteiger partial charge in [-0.1, -0.05) is 12.1 Å². The van der Waals surface area contributed by atoms with Gasteiger partial charge in [0.25, 0.3) is 5.91 Å². The van der Waals surface area contributed by atoms with Crippen LogP contribution in [0.15, 0.2) is 24.3 Å². The van der Waals surface area contributed by atoms with Crippen LogP contribution in [0.25, 0.3) is 0 Å². The second-order valence-electron chi connectivity index (χ2n) is 4.06. The molecule has 0 fully saturated rings. The predicted octanol–water partition coefficient (Wildman–Crippen LogP) is 1.25. The zero-order valence-corrected chi connectivity index (χ0v) is 11.8. The summed E-state index contributed by atoms with van der Waals surface area (Å²) in [5, 5.41) is 2.73. The Morgan fingerprint density at radius 1 is 1.32 bits per heavy atom. The molecule has 5 nitrogen and oxygen atoms in total. The zero-order chi connectivity index (χ0) is 13.5. The van der Waals surface area contributed by atoms with Gasteiger partial charge in [-0.2, -0.15) is 0 Å². The van der Waals surface area contributed by atoms with Crippen molar-refractivity contribution in [2.45, 2.75) is 25.9 Å². The molecular formula is C13H19ClN2O3. The normalized spacial score (nSPS) is 11.1. The van der Waals surface area contributed by atoms with E-state index in [-0.39, 0.29) is 36.7 Å². The quantitative estimate of drug-likeness (QED) is 0.798. The number of esters is 1. The maximum absolute atomic E-state index is 11.8. The van der Waals surface area contributed by atoms with Crippen LogP contribution in [-0.2, 0) is 16.1 Å². The third-order valence-corrected chi connectivity index (χ3v) is 2.53. The van der Waals surface area contributed by atoms with Gasteiger partial charge in [0.1, 0.15) is 0 Å². The smallest absolute Gasteiger partial charge is 0.307 e. The monoisotopic (exact) mass is 286 g/mol. The average molecular weight is 287 g/mol. The first-order valence-electron chi connectivity index (χ1n) is 5.73. The van der Waals surface area contributed by atoms with Gasteiger partial charge in [0, 0.05) is 18.2 Å². The largest absolute Gasteiger partial charge is 0.469 e. The van der Waals surface area contributed by atoms with E-state index >= 15 is 0 Å². The molecule has 19 heavy (non-hydrogen) atoms. The van der Waals surface area contributed by atoms with Crippen molar-refractivity contribution in [1.29, 1.82) is 0 Å². The summed E-state index contributed by atoms with van der Waals surface area (Å²) in [7, 11) is 1.32. The number of ether oxygens (including phenoxy) is 1. The number of rotatable bonds is 5. The molecule has 0 radical (unpaired) electrons. The molecule has 0 aliphatic carbocycles. The Hall–Kier alpha value is -1.59. The molecule has 0 bridgehead atoms. The molecule has 0 aliphatic heterocycles. The number of carbonyl (C=O) groups excluding carboxylic acids is 2. The van der Waals surface area contributed by atoms with Crippen molar-refractivity contribution in [2.75, 3.05) is 7.11 Å². The van der Waals surface area contributed by atoms with Gasteiger partial charge in [-0.25, -0.2) is 0 Å². The molecule has 3 N–H and O–H groups in total. The summed E-state index contributed by atoms with van der Waals surface area (Å²) in [6.45, 7) is 2.20. The Balaban J connectivity index is 0.00000324. The molecule has 0 aliphatic rings. The highest BCUT2D eigenvalue weighted by Gasteiger charge is 2.13. The van der Waals surface area contributed by atoms with Gasteiger partial charge in [-0.05, 0) is 24.6 Å². The van der Waals surface area contributed by atoms with Gasteiger partial charge in [0.2, 0.25) is 0 Å². The average Bonchev–Trinajstić information content (AvgIpc) is 2.38. The van der Waals surface area contributed by atoms with E-state index in [1.54, 1.807) is 31.2 Å². The molecule has 1 aromatic rings. The molecule has 106 valence electrons. The highest BCUT2D eigenvalue weighted by Crippen LogP contribution is 2.04. The van der Waals surface area contributed by atoms with Crippen molar-refractivity contribution < 1.29 is 14.3 Å². The fraction of sp³-hybridized carbons (Fsp3) is 0.385. The number of nitrogens with one attached hydrogen (secondary N) is 1. The molecule has 0 aromatic heterocycles. The summed E-state index contributed by atoms with van der Waals surface area (Å²) in [6.07, 6.45) is 0.156. The van der Waals surface area contributed by atoms with Crippen molar-refractivity contribution in [3.05, 3.63) is 35.4 Å². The Bertz CT molecular complexity index is 420. The number of carbonyl (C=O) groups is 2. The Kier molecular flexibility index (Phi) is 7.79.